The maximum absolute atomic E-state index is 13.3. The van der Waals surface area contributed by atoms with Crippen molar-refractivity contribution in [3.63, 3.8) is 0 Å². The molecule has 11 nitrogen and oxygen atoms in total. The number of rotatable bonds is 5. The molecule has 1 aromatic heterocycles. The summed E-state index contributed by atoms with van der Waals surface area (Å²) in [5, 5.41) is 0.679. The molecule has 1 spiro atoms. The van der Waals surface area contributed by atoms with Crippen LogP contribution in [0.1, 0.15) is 45.4 Å². The minimum atomic E-state index is -4.11. The lowest BCUT2D eigenvalue weighted by Gasteiger charge is -2.43. The molecule has 0 radical (unpaired) electrons. The summed E-state index contributed by atoms with van der Waals surface area (Å²) in [6.45, 7) is 13.9. The maximum atomic E-state index is 13.3. The highest BCUT2D eigenvalue weighted by Crippen LogP contribution is 2.51. The van der Waals surface area contributed by atoms with Crippen molar-refractivity contribution in [1.82, 2.24) is 14.0 Å². The first-order valence-corrected chi connectivity index (χ1v) is 16.7. The Morgan fingerprint density at radius 3 is 2.36 bits per heavy atom. The van der Waals surface area contributed by atoms with Crippen LogP contribution in [0.3, 0.4) is 0 Å². The molecule has 4 rings (SSSR count). The molecular formula is C23H38N4O7SSi. The van der Waals surface area contributed by atoms with Gasteiger partial charge >= 0.3 is 5.69 Å². The van der Waals surface area contributed by atoms with E-state index < -0.39 is 53.7 Å². The van der Waals surface area contributed by atoms with E-state index in [4.69, 9.17) is 19.1 Å². The van der Waals surface area contributed by atoms with Gasteiger partial charge in [0.05, 0.1) is 11.1 Å². The molecule has 3 aliphatic heterocycles. The third-order valence-corrected chi connectivity index (χ3v) is 13.6. The monoisotopic (exact) mass is 542 g/mol. The predicted molar refractivity (Wildman–Crippen MR) is 137 cm³/mol. The summed E-state index contributed by atoms with van der Waals surface area (Å²) in [5.41, 5.74) is 4.12. The van der Waals surface area contributed by atoms with Crippen LogP contribution in [0.15, 0.2) is 26.9 Å². The zero-order valence-corrected chi connectivity index (χ0v) is 23.9. The number of nitrogens with two attached hydrogens (primary N) is 1. The standard InChI is InChI=1S/C23H38N4O7SSi/c1-15-12-27(21(29)25(5)19(15)28)20-18(33-36(6,7)22(2,3)4)23(16(24)14-35(30,31)34-23)17(32-20)13-26-10-8-9-11-26/h12,14,17-18,20H,8-11,13,24H2,1-7H3/t17-,18+,20-,23-/m1/s1. The highest BCUT2D eigenvalue weighted by molar-refractivity contribution is 7.90. The van der Waals surface area contributed by atoms with E-state index in [9.17, 15) is 18.0 Å². The first kappa shape index (κ1) is 27.3. The van der Waals surface area contributed by atoms with Crippen LogP contribution in [0.2, 0.25) is 18.1 Å². The van der Waals surface area contributed by atoms with E-state index in [1.54, 1.807) is 6.92 Å². The SMILES string of the molecule is Cc1cn([C@@H]2O[C@H](CN3CCCC3)[C@@]3(OS(=O)(=O)C=C3N)[C@H]2O[Si](C)(C)C(C)(C)C)c(=O)n(C)c1=O. The third-order valence-electron chi connectivity index (χ3n) is 8.05. The first-order chi connectivity index (χ1) is 16.5. The summed E-state index contributed by atoms with van der Waals surface area (Å²) in [7, 11) is -5.29. The van der Waals surface area contributed by atoms with E-state index in [2.05, 4.69) is 25.7 Å². The van der Waals surface area contributed by atoms with E-state index in [1.165, 1.54) is 17.8 Å². The number of aromatic nitrogens is 2. The molecule has 0 bridgehead atoms. The van der Waals surface area contributed by atoms with Gasteiger partial charge in [-0.2, -0.15) is 8.42 Å². The van der Waals surface area contributed by atoms with E-state index in [1.807, 2.05) is 13.1 Å². The number of nitrogens with zero attached hydrogens (tertiary/aromatic N) is 3. The summed E-state index contributed by atoms with van der Waals surface area (Å²) in [4.78, 5) is 27.9. The van der Waals surface area contributed by atoms with E-state index in [0.717, 1.165) is 35.9 Å². The van der Waals surface area contributed by atoms with Gasteiger partial charge in [0.15, 0.2) is 20.1 Å². The topological polar surface area (TPSA) is 135 Å². The molecule has 0 amide bonds. The Morgan fingerprint density at radius 1 is 1.22 bits per heavy atom. The molecule has 13 heteroatoms. The van der Waals surface area contributed by atoms with Crippen molar-refractivity contribution in [3.8, 4) is 0 Å². The molecule has 2 N–H and O–H groups in total. The average Bonchev–Trinajstić information content (AvgIpc) is 3.42. The highest BCUT2D eigenvalue weighted by atomic mass is 32.2. The van der Waals surface area contributed by atoms with Gasteiger partial charge in [0, 0.05) is 25.4 Å². The molecule has 3 aliphatic rings. The van der Waals surface area contributed by atoms with E-state index >= 15 is 0 Å². The fraction of sp³-hybridized carbons (Fsp3) is 0.739. The van der Waals surface area contributed by atoms with Crippen LogP contribution >= 0.6 is 0 Å². The minimum Gasteiger partial charge on any atom is -0.406 e. The van der Waals surface area contributed by atoms with Crippen molar-refractivity contribution in [1.29, 1.82) is 0 Å². The zero-order chi connectivity index (χ0) is 26.8. The normalized spacial score (nSPS) is 30.9. The van der Waals surface area contributed by atoms with Crippen molar-refractivity contribution in [2.75, 3.05) is 19.6 Å². The van der Waals surface area contributed by atoms with Gasteiger partial charge in [-0.3, -0.25) is 13.9 Å². The molecule has 202 valence electrons. The number of hydrogen-bond acceptors (Lipinski definition) is 9. The molecule has 0 aromatic carbocycles. The molecule has 2 fully saturated rings. The number of ether oxygens (including phenoxy) is 1. The number of likely N-dealkylation sites (tertiary alicyclic amines) is 1. The van der Waals surface area contributed by atoms with E-state index in [-0.39, 0.29) is 10.7 Å². The largest absolute Gasteiger partial charge is 0.406 e. The minimum absolute atomic E-state index is 0.00695. The summed E-state index contributed by atoms with van der Waals surface area (Å²) in [5.74, 6) is 0. The molecule has 2 saturated heterocycles. The Hall–Kier alpha value is -1.77. The Morgan fingerprint density at radius 2 is 1.83 bits per heavy atom. The number of hydrogen-bond donors (Lipinski definition) is 1. The van der Waals surface area contributed by atoms with Gasteiger partial charge in [0.1, 0.15) is 12.2 Å². The Kier molecular flexibility index (Phi) is 6.75. The third kappa shape index (κ3) is 4.43. The van der Waals surface area contributed by atoms with Crippen molar-refractivity contribution < 1.29 is 21.8 Å². The zero-order valence-electron chi connectivity index (χ0n) is 22.1. The second-order valence-corrected chi connectivity index (χ2v) is 17.8. The van der Waals surface area contributed by atoms with Gasteiger partial charge in [-0.05, 0) is 51.0 Å². The maximum Gasteiger partial charge on any atom is 0.332 e. The smallest absolute Gasteiger partial charge is 0.332 e. The summed E-state index contributed by atoms with van der Waals surface area (Å²) in [6.07, 6.45) is 0.549. The molecule has 4 atom stereocenters. The van der Waals surface area contributed by atoms with Crippen molar-refractivity contribution in [2.45, 2.75) is 82.7 Å². The molecule has 0 aliphatic carbocycles. The van der Waals surface area contributed by atoms with Gasteiger partial charge in [-0.15, -0.1) is 0 Å². The van der Waals surface area contributed by atoms with Crippen molar-refractivity contribution >= 4 is 18.4 Å². The Labute approximate surface area is 213 Å². The van der Waals surface area contributed by atoms with Gasteiger partial charge in [-0.1, -0.05) is 20.8 Å². The molecule has 4 heterocycles. The fourth-order valence-corrected chi connectivity index (χ4v) is 7.46. The van der Waals surface area contributed by atoms with Gasteiger partial charge in [0.2, 0.25) is 0 Å². The van der Waals surface area contributed by atoms with Crippen LogP contribution in [0, 0.1) is 6.92 Å². The Balaban J connectivity index is 1.92. The summed E-state index contributed by atoms with van der Waals surface area (Å²) in [6, 6.07) is 0. The van der Waals surface area contributed by atoms with Crippen LogP contribution in [-0.4, -0.2) is 68.2 Å². The average molecular weight is 543 g/mol. The fourth-order valence-electron chi connectivity index (χ4n) is 4.95. The van der Waals surface area contributed by atoms with Gasteiger partial charge < -0.3 is 19.8 Å². The molecule has 36 heavy (non-hydrogen) atoms. The molecular weight excluding hydrogens is 504 g/mol. The molecule has 1 aromatic rings. The predicted octanol–water partition coefficient (Wildman–Crippen LogP) is 1.14. The van der Waals surface area contributed by atoms with Crippen LogP contribution in [-0.2, 0) is 30.5 Å². The number of aryl methyl sites for hydroxylation is 1. The Bertz CT molecular complexity index is 1290. The highest BCUT2D eigenvalue weighted by Gasteiger charge is 2.67. The lowest BCUT2D eigenvalue weighted by Crippen LogP contribution is -2.59. The summed E-state index contributed by atoms with van der Waals surface area (Å²) < 4.78 is 46.9. The molecule has 0 unspecified atom stereocenters. The van der Waals surface area contributed by atoms with Crippen LogP contribution in [0.5, 0.6) is 0 Å². The first-order valence-electron chi connectivity index (χ1n) is 12.3. The van der Waals surface area contributed by atoms with E-state index in [0.29, 0.717) is 12.1 Å². The lowest BCUT2D eigenvalue weighted by atomic mass is 9.89. The second kappa shape index (κ2) is 8.91. The van der Waals surface area contributed by atoms with Crippen LogP contribution in [0.4, 0.5) is 0 Å². The van der Waals surface area contributed by atoms with Crippen molar-refractivity contribution in [2.24, 2.45) is 12.8 Å². The van der Waals surface area contributed by atoms with Crippen molar-refractivity contribution in [3.05, 3.63) is 43.7 Å². The summed E-state index contributed by atoms with van der Waals surface area (Å²) >= 11 is 0. The van der Waals surface area contributed by atoms with Gasteiger partial charge in [0.25, 0.3) is 15.7 Å². The van der Waals surface area contributed by atoms with Gasteiger partial charge in [-0.25, -0.2) is 8.98 Å². The molecule has 0 saturated carbocycles. The lowest BCUT2D eigenvalue weighted by molar-refractivity contribution is -0.0479. The van der Waals surface area contributed by atoms with Crippen LogP contribution in [0.25, 0.3) is 0 Å². The second-order valence-electron chi connectivity index (χ2n) is 11.6. The quantitative estimate of drug-likeness (QED) is 0.429. The van der Waals surface area contributed by atoms with Crippen LogP contribution < -0.4 is 17.0 Å².